The molecule has 1 saturated carbocycles. The van der Waals surface area contributed by atoms with Gasteiger partial charge in [0.05, 0.1) is 16.5 Å². The van der Waals surface area contributed by atoms with Crippen LogP contribution in [0.1, 0.15) is 36.0 Å². The van der Waals surface area contributed by atoms with Crippen molar-refractivity contribution >= 4 is 33.3 Å². The molecular formula is C12H14ClNO4S. The molecule has 2 rings (SSSR count). The van der Waals surface area contributed by atoms with E-state index in [4.69, 9.17) is 16.7 Å². The Morgan fingerprint density at radius 1 is 1.32 bits per heavy atom. The summed E-state index contributed by atoms with van der Waals surface area (Å²) in [5, 5.41) is 8.88. The van der Waals surface area contributed by atoms with Crippen molar-refractivity contribution in [2.24, 2.45) is 0 Å². The quantitative estimate of drug-likeness (QED) is 0.896. The molecule has 0 radical (unpaired) electrons. The van der Waals surface area contributed by atoms with Gasteiger partial charge < -0.3 is 5.11 Å². The Morgan fingerprint density at radius 2 is 1.95 bits per heavy atom. The Kier molecular flexibility index (Phi) is 4.01. The van der Waals surface area contributed by atoms with Gasteiger partial charge in [0.25, 0.3) is 0 Å². The fraction of sp³-hybridized carbons (Fsp3) is 0.417. The van der Waals surface area contributed by atoms with Gasteiger partial charge in [-0.15, -0.1) is 0 Å². The second kappa shape index (κ2) is 5.38. The molecule has 0 atom stereocenters. The third kappa shape index (κ3) is 3.19. The van der Waals surface area contributed by atoms with E-state index >= 15 is 0 Å². The van der Waals surface area contributed by atoms with Crippen molar-refractivity contribution in [3.63, 3.8) is 0 Å². The van der Waals surface area contributed by atoms with Crippen LogP contribution >= 0.6 is 11.6 Å². The number of carboxylic acid groups (broad SMARTS) is 1. The van der Waals surface area contributed by atoms with Crippen molar-refractivity contribution in [1.82, 2.24) is 0 Å². The summed E-state index contributed by atoms with van der Waals surface area (Å²) in [5.41, 5.74) is -0.0853. The van der Waals surface area contributed by atoms with Crippen LogP contribution in [0.15, 0.2) is 18.2 Å². The molecule has 0 aliphatic heterocycles. The number of halogens is 1. The molecule has 2 N–H and O–H groups in total. The van der Waals surface area contributed by atoms with E-state index in [1.165, 1.54) is 18.2 Å². The summed E-state index contributed by atoms with van der Waals surface area (Å²) < 4.78 is 26.6. The van der Waals surface area contributed by atoms with Crippen molar-refractivity contribution < 1.29 is 18.3 Å². The Balaban J connectivity index is 2.32. The number of hydrogen-bond acceptors (Lipinski definition) is 3. The van der Waals surface area contributed by atoms with Gasteiger partial charge in [-0.05, 0) is 31.0 Å². The van der Waals surface area contributed by atoms with Crippen LogP contribution in [0.3, 0.4) is 0 Å². The van der Waals surface area contributed by atoms with E-state index < -0.39 is 21.2 Å². The lowest BCUT2D eigenvalue weighted by molar-refractivity contribution is 0.0698. The summed E-state index contributed by atoms with van der Waals surface area (Å²) >= 11 is 5.78. The van der Waals surface area contributed by atoms with E-state index in [1.807, 2.05) is 0 Å². The van der Waals surface area contributed by atoms with Gasteiger partial charge in [-0.25, -0.2) is 13.2 Å². The van der Waals surface area contributed by atoms with Crippen LogP contribution in [0.5, 0.6) is 0 Å². The molecule has 1 aliphatic carbocycles. The molecule has 1 aliphatic rings. The lowest BCUT2D eigenvalue weighted by Gasteiger charge is -2.15. The minimum Gasteiger partial charge on any atom is -0.478 e. The van der Waals surface area contributed by atoms with E-state index in [0.717, 1.165) is 12.8 Å². The van der Waals surface area contributed by atoms with Crippen LogP contribution < -0.4 is 4.72 Å². The van der Waals surface area contributed by atoms with Gasteiger partial charge in [0.15, 0.2) is 0 Å². The number of hydrogen-bond donors (Lipinski definition) is 2. The molecule has 0 aromatic heterocycles. The zero-order valence-electron chi connectivity index (χ0n) is 10.1. The summed E-state index contributed by atoms with van der Waals surface area (Å²) in [7, 11) is -3.56. The molecule has 1 aromatic rings. The minimum absolute atomic E-state index is 0.0203. The summed E-state index contributed by atoms with van der Waals surface area (Å²) in [6.45, 7) is 0. The summed E-state index contributed by atoms with van der Waals surface area (Å²) in [4.78, 5) is 11.1. The van der Waals surface area contributed by atoms with Crippen molar-refractivity contribution in [3.8, 4) is 0 Å². The highest BCUT2D eigenvalue weighted by Gasteiger charge is 2.29. The number of carbonyl (C=O) groups is 1. The molecule has 0 amide bonds. The van der Waals surface area contributed by atoms with E-state index in [0.29, 0.717) is 12.8 Å². The smallest absolute Gasteiger partial charge is 0.337 e. The lowest BCUT2D eigenvalue weighted by atomic mass is 10.2. The van der Waals surface area contributed by atoms with Gasteiger partial charge in [-0.1, -0.05) is 24.4 Å². The van der Waals surface area contributed by atoms with Gasteiger partial charge >= 0.3 is 5.97 Å². The van der Waals surface area contributed by atoms with Crippen molar-refractivity contribution in [1.29, 1.82) is 0 Å². The van der Waals surface area contributed by atoms with Gasteiger partial charge in [-0.3, -0.25) is 4.72 Å². The second-order valence-electron chi connectivity index (χ2n) is 4.55. The average molecular weight is 304 g/mol. The third-order valence-electron chi connectivity index (χ3n) is 3.21. The SMILES string of the molecule is O=C(O)c1ccc(Cl)cc1NS(=O)(=O)C1CCCC1. The van der Waals surface area contributed by atoms with Gasteiger partial charge in [0.2, 0.25) is 10.0 Å². The van der Waals surface area contributed by atoms with Crippen LogP contribution in [0.25, 0.3) is 0 Å². The second-order valence-corrected chi connectivity index (χ2v) is 6.95. The fourth-order valence-corrected chi connectivity index (χ4v) is 3.99. The first kappa shape index (κ1) is 14.1. The topological polar surface area (TPSA) is 83.5 Å². The summed E-state index contributed by atoms with van der Waals surface area (Å²) in [6.07, 6.45) is 2.98. The molecule has 104 valence electrons. The zero-order valence-corrected chi connectivity index (χ0v) is 11.7. The van der Waals surface area contributed by atoms with Crippen LogP contribution in [0.4, 0.5) is 5.69 Å². The minimum atomic E-state index is -3.56. The first-order chi connectivity index (χ1) is 8.90. The summed E-state index contributed by atoms with van der Waals surface area (Å²) in [6, 6.07) is 4.02. The highest BCUT2D eigenvalue weighted by molar-refractivity contribution is 7.93. The first-order valence-corrected chi connectivity index (χ1v) is 7.87. The number of rotatable bonds is 4. The molecule has 0 heterocycles. The number of carboxylic acids is 1. The molecule has 5 nitrogen and oxygen atoms in total. The Labute approximate surface area is 116 Å². The van der Waals surface area contributed by atoms with Crippen LogP contribution in [0, 0.1) is 0 Å². The highest BCUT2D eigenvalue weighted by atomic mass is 35.5. The van der Waals surface area contributed by atoms with Crippen LogP contribution in [-0.2, 0) is 10.0 Å². The predicted octanol–water partition coefficient (Wildman–Crippen LogP) is 2.72. The highest BCUT2D eigenvalue weighted by Crippen LogP contribution is 2.28. The number of nitrogens with one attached hydrogen (secondary N) is 1. The average Bonchev–Trinajstić information content (AvgIpc) is 2.81. The molecular weight excluding hydrogens is 290 g/mol. The molecule has 0 saturated heterocycles. The van der Waals surface area contributed by atoms with Crippen molar-refractivity contribution in [2.75, 3.05) is 4.72 Å². The van der Waals surface area contributed by atoms with Crippen LogP contribution in [-0.4, -0.2) is 24.7 Å². The van der Waals surface area contributed by atoms with E-state index in [2.05, 4.69) is 4.72 Å². The van der Waals surface area contributed by atoms with Gasteiger partial charge in [0.1, 0.15) is 0 Å². The molecule has 1 aromatic carbocycles. The normalized spacial score (nSPS) is 16.5. The van der Waals surface area contributed by atoms with E-state index in [9.17, 15) is 13.2 Å². The maximum absolute atomic E-state index is 12.1. The summed E-state index contributed by atoms with van der Waals surface area (Å²) in [5.74, 6) is -1.19. The molecule has 7 heteroatoms. The lowest BCUT2D eigenvalue weighted by Crippen LogP contribution is -2.26. The predicted molar refractivity (Wildman–Crippen MR) is 73.2 cm³/mol. The monoisotopic (exact) mass is 303 g/mol. The Bertz CT molecular complexity index is 594. The third-order valence-corrected chi connectivity index (χ3v) is 5.29. The largest absolute Gasteiger partial charge is 0.478 e. The molecule has 0 unspecified atom stereocenters. The molecule has 1 fully saturated rings. The molecule has 0 bridgehead atoms. The van der Waals surface area contributed by atoms with Crippen molar-refractivity contribution in [3.05, 3.63) is 28.8 Å². The fourth-order valence-electron chi connectivity index (χ4n) is 2.22. The first-order valence-electron chi connectivity index (χ1n) is 5.94. The molecule has 0 spiro atoms. The van der Waals surface area contributed by atoms with Crippen LogP contribution in [0.2, 0.25) is 5.02 Å². The number of sulfonamides is 1. The van der Waals surface area contributed by atoms with Gasteiger partial charge in [0, 0.05) is 5.02 Å². The Morgan fingerprint density at radius 3 is 2.53 bits per heavy atom. The standard InChI is InChI=1S/C12H14ClNO4S/c13-8-5-6-10(12(15)16)11(7-8)14-19(17,18)9-3-1-2-4-9/h5-7,9,14H,1-4H2,(H,15,16). The molecule has 19 heavy (non-hydrogen) atoms. The number of anilines is 1. The van der Waals surface area contributed by atoms with E-state index in [1.54, 1.807) is 0 Å². The zero-order chi connectivity index (χ0) is 14.0. The maximum atomic E-state index is 12.1. The van der Waals surface area contributed by atoms with Gasteiger partial charge in [-0.2, -0.15) is 0 Å². The van der Waals surface area contributed by atoms with E-state index in [-0.39, 0.29) is 16.3 Å². The number of aromatic carboxylic acids is 1. The maximum Gasteiger partial charge on any atom is 0.337 e. The van der Waals surface area contributed by atoms with Crippen molar-refractivity contribution in [2.45, 2.75) is 30.9 Å². The number of benzene rings is 1. The Hall–Kier alpha value is -1.27.